The third-order valence-corrected chi connectivity index (χ3v) is 2.90. The molecule has 0 spiro atoms. The molecule has 2 heteroatoms. The summed E-state index contributed by atoms with van der Waals surface area (Å²) >= 11 is 0. The third kappa shape index (κ3) is 3.17. The van der Waals surface area contributed by atoms with E-state index in [2.05, 4.69) is 17.1 Å². The molecule has 0 aromatic heterocycles. The second kappa shape index (κ2) is 5.08. The Balaban J connectivity index is 1.89. The molecule has 0 unspecified atom stereocenters. The molecule has 1 fully saturated rings. The van der Waals surface area contributed by atoms with Gasteiger partial charge >= 0.3 is 0 Å². The molecule has 0 radical (unpaired) electrons. The first-order valence-electron chi connectivity index (χ1n) is 5.61. The Morgan fingerprint density at radius 3 is 2.40 bits per heavy atom. The van der Waals surface area contributed by atoms with Gasteiger partial charge in [-0.05, 0) is 31.2 Å². The summed E-state index contributed by atoms with van der Waals surface area (Å²) in [5, 5.41) is 9.36. The van der Waals surface area contributed by atoms with Crippen LogP contribution in [0.3, 0.4) is 0 Å². The predicted octanol–water partition coefficient (Wildman–Crippen LogP) is 2.41. The summed E-state index contributed by atoms with van der Waals surface area (Å²) in [4.78, 5) is 4.55. The number of benzene rings is 1. The van der Waals surface area contributed by atoms with E-state index in [0.29, 0.717) is 6.04 Å². The molecular formula is C13H17NO. The zero-order valence-electron chi connectivity index (χ0n) is 8.84. The number of aliphatic imine (C=N–C) groups is 1. The lowest BCUT2D eigenvalue weighted by Crippen LogP contribution is -2.20. The van der Waals surface area contributed by atoms with E-state index in [1.54, 1.807) is 0 Å². The van der Waals surface area contributed by atoms with Crippen molar-refractivity contribution in [2.24, 2.45) is 4.99 Å². The smallest absolute Gasteiger partial charge is 0.0541 e. The normalized spacial score (nSPS) is 27.0. The topological polar surface area (TPSA) is 32.6 Å². The Morgan fingerprint density at radius 2 is 1.73 bits per heavy atom. The molecule has 1 aliphatic rings. The molecule has 1 saturated carbocycles. The zero-order valence-corrected chi connectivity index (χ0v) is 8.84. The molecule has 1 aromatic rings. The highest BCUT2D eigenvalue weighted by atomic mass is 16.3. The van der Waals surface area contributed by atoms with Crippen LogP contribution in [0, 0.1) is 0 Å². The minimum Gasteiger partial charge on any atom is -0.393 e. The van der Waals surface area contributed by atoms with E-state index < -0.39 is 0 Å². The van der Waals surface area contributed by atoms with Crippen LogP contribution >= 0.6 is 0 Å². The van der Waals surface area contributed by atoms with Crippen LogP contribution in [-0.2, 0) is 0 Å². The van der Waals surface area contributed by atoms with Gasteiger partial charge in [-0.15, -0.1) is 0 Å². The van der Waals surface area contributed by atoms with Gasteiger partial charge < -0.3 is 5.11 Å². The first-order valence-corrected chi connectivity index (χ1v) is 5.61. The number of nitrogens with zero attached hydrogens (tertiary/aromatic N) is 1. The van der Waals surface area contributed by atoms with Crippen LogP contribution in [-0.4, -0.2) is 23.5 Å². The lowest BCUT2D eigenvalue weighted by molar-refractivity contribution is 0.123. The first kappa shape index (κ1) is 10.4. The highest BCUT2D eigenvalue weighted by Gasteiger charge is 2.17. The lowest BCUT2D eigenvalue weighted by atomic mass is 9.93. The monoisotopic (exact) mass is 203 g/mol. The highest BCUT2D eigenvalue weighted by Crippen LogP contribution is 2.20. The van der Waals surface area contributed by atoms with E-state index in [0.717, 1.165) is 31.2 Å². The van der Waals surface area contributed by atoms with Crippen molar-refractivity contribution < 1.29 is 5.11 Å². The van der Waals surface area contributed by atoms with Gasteiger partial charge in [-0.2, -0.15) is 0 Å². The molecule has 0 amide bonds. The Morgan fingerprint density at radius 1 is 1.07 bits per heavy atom. The summed E-state index contributed by atoms with van der Waals surface area (Å²) in [6.07, 6.45) is 5.69. The van der Waals surface area contributed by atoms with Crippen molar-refractivity contribution in [3.63, 3.8) is 0 Å². The molecule has 0 heterocycles. The van der Waals surface area contributed by atoms with Crippen molar-refractivity contribution in [2.45, 2.75) is 37.8 Å². The SMILES string of the molecule is OC1CCC(N=Cc2ccccc2)CC1. The Labute approximate surface area is 90.7 Å². The molecule has 0 aliphatic heterocycles. The van der Waals surface area contributed by atoms with E-state index >= 15 is 0 Å². The van der Waals surface area contributed by atoms with Crippen molar-refractivity contribution in [3.05, 3.63) is 35.9 Å². The average molecular weight is 203 g/mol. The van der Waals surface area contributed by atoms with Crippen LogP contribution < -0.4 is 0 Å². The molecule has 2 rings (SSSR count). The lowest BCUT2D eigenvalue weighted by Gasteiger charge is -2.22. The molecule has 1 N–H and O–H groups in total. The molecule has 15 heavy (non-hydrogen) atoms. The molecule has 80 valence electrons. The van der Waals surface area contributed by atoms with Crippen LogP contribution in [0.4, 0.5) is 0 Å². The van der Waals surface area contributed by atoms with E-state index in [1.807, 2.05) is 24.4 Å². The number of hydrogen-bond donors (Lipinski definition) is 1. The fourth-order valence-corrected chi connectivity index (χ4v) is 1.94. The summed E-state index contributed by atoms with van der Waals surface area (Å²) < 4.78 is 0. The molecule has 1 aliphatic carbocycles. The summed E-state index contributed by atoms with van der Waals surface area (Å²) in [6, 6.07) is 10.6. The minimum atomic E-state index is -0.0897. The van der Waals surface area contributed by atoms with Crippen molar-refractivity contribution in [2.75, 3.05) is 0 Å². The van der Waals surface area contributed by atoms with Gasteiger partial charge in [-0.1, -0.05) is 30.3 Å². The highest BCUT2D eigenvalue weighted by molar-refractivity contribution is 5.79. The molecule has 0 saturated heterocycles. The Hall–Kier alpha value is -1.15. The molecule has 2 nitrogen and oxygen atoms in total. The van der Waals surface area contributed by atoms with Crippen molar-refractivity contribution in [1.29, 1.82) is 0 Å². The number of aliphatic hydroxyl groups excluding tert-OH is 1. The van der Waals surface area contributed by atoms with Gasteiger partial charge in [-0.3, -0.25) is 4.99 Å². The van der Waals surface area contributed by atoms with Crippen LogP contribution in [0.25, 0.3) is 0 Å². The minimum absolute atomic E-state index is 0.0897. The molecule has 1 aromatic carbocycles. The Bertz CT molecular complexity index is 313. The van der Waals surface area contributed by atoms with E-state index in [1.165, 1.54) is 0 Å². The maximum absolute atomic E-state index is 9.36. The number of hydrogen-bond acceptors (Lipinski definition) is 2. The van der Waals surface area contributed by atoms with Crippen molar-refractivity contribution >= 4 is 6.21 Å². The van der Waals surface area contributed by atoms with Gasteiger partial charge in [0.2, 0.25) is 0 Å². The first-order chi connectivity index (χ1) is 7.34. The van der Waals surface area contributed by atoms with Crippen LogP contribution in [0.2, 0.25) is 0 Å². The molecular weight excluding hydrogens is 186 g/mol. The Kier molecular flexibility index (Phi) is 3.51. The van der Waals surface area contributed by atoms with E-state index in [4.69, 9.17) is 0 Å². The standard InChI is InChI=1S/C13H17NO/c15-13-8-6-12(7-9-13)14-10-11-4-2-1-3-5-11/h1-5,10,12-13,15H,6-9H2. The zero-order chi connectivity index (χ0) is 10.5. The quantitative estimate of drug-likeness (QED) is 0.735. The maximum Gasteiger partial charge on any atom is 0.0541 e. The van der Waals surface area contributed by atoms with Gasteiger partial charge in [0, 0.05) is 6.21 Å². The third-order valence-electron chi connectivity index (χ3n) is 2.90. The maximum atomic E-state index is 9.36. The number of aliphatic hydroxyl groups is 1. The summed E-state index contributed by atoms with van der Waals surface area (Å²) in [7, 11) is 0. The van der Waals surface area contributed by atoms with Crippen molar-refractivity contribution in [3.8, 4) is 0 Å². The summed E-state index contributed by atoms with van der Waals surface area (Å²) in [5.41, 5.74) is 1.16. The molecule has 0 bridgehead atoms. The largest absolute Gasteiger partial charge is 0.393 e. The van der Waals surface area contributed by atoms with E-state index in [9.17, 15) is 5.11 Å². The fourth-order valence-electron chi connectivity index (χ4n) is 1.94. The van der Waals surface area contributed by atoms with Gasteiger partial charge in [0.25, 0.3) is 0 Å². The van der Waals surface area contributed by atoms with Crippen LogP contribution in [0.5, 0.6) is 0 Å². The fraction of sp³-hybridized carbons (Fsp3) is 0.462. The second-order valence-electron chi connectivity index (χ2n) is 4.15. The van der Waals surface area contributed by atoms with Gasteiger partial charge in [0.1, 0.15) is 0 Å². The van der Waals surface area contributed by atoms with E-state index in [-0.39, 0.29) is 6.10 Å². The number of rotatable bonds is 2. The predicted molar refractivity (Wildman–Crippen MR) is 62.3 cm³/mol. The summed E-state index contributed by atoms with van der Waals surface area (Å²) in [6.45, 7) is 0. The second-order valence-corrected chi connectivity index (χ2v) is 4.15. The van der Waals surface area contributed by atoms with Crippen LogP contribution in [0.1, 0.15) is 31.2 Å². The molecule has 0 atom stereocenters. The van der Waals surface area contributed by atoms with Crippen LogP contribution in [0.15, 0.2) is 35.3 Å². The summed E-state index contributed by atoms with van der Waals surface area (Å²) in [5.74, 6) is 0. The van der Waals surface area contributed by atoms with Gasteiger partial charge in [-0.25, -0.2) is 0 Å². The van der Waals surface area contributed by atoms with Gasteiger partial charge in [0.15, 0.2) is 0 Å². The van der Waals surface area contributed by atoms with Crippen molar-refractivity contribution in [1.82, 2.24) is 0 Å². The van der Waals surface area contributed by atoms with Gasteiger partial charge in [0.05, 0.1) is 12.1 Å². The average Bonchev–Trinajstić information content (AvgIpc) is 2.30.